The Morgan fingerprint density at radius 1 is 1.07 bits per heavy atom. The van der Waals surface area contributed by atoms with Crippen molar-refractivity contribution in [3.05, 3.63) is 46.2 Å². The number of aromatic nitrogens is 1. The molecule has 7 heteroatoms. The summed E-state index contributed by atoms with van der Waals surface area (Å²) in [5.74, 6) is -0.133. The Bertz CT molecular complexity index is 938. The van der Waals surface area contributed by atoms with Gasteiger partial charge in [0.1, 0.15) is 6.10 Å². The van der Waals surface area contributed by atoms with E-state index in [-0.39, 0.29) is 23.5 Å². The predicted molar refractivity (Wildman–Crippen MR) is 101 cm³/mol. The van der Waals surface area contributed by atoms with Crippen molar-refractivity contribution in [2.24, 2.45) is 7.05 Å². The summed E-state index contributed by atoms with van der Waals surface area (Å²) in [6, 6.07) is 8.83. The van der Waals surface area contributed by atoms with Gasteiger partial charge in [0.05, 0.1) is 11.1 Å². The normalized spacial score (nSPS) is 20.3. The molecule has 0 aliphatic carbocycles. The number of carbonyl (C=O) groups excluding carboxylic acids is 2. The lowest BCUT2D eigenvalue weighted by Gasteiger charge is -2.36. The average molecular weight is 369 g/mol. The van der Waals surface area contributed by atoms with Gasteiger partial charge >= 0.3 is 0 Å². The van der Waals surface area contributed by atoms with Gasteiger partial charge in [-0.2, -0.15) is 0 Å². The molecule has 1 unspecified atom stereocenters. The molecule has 2 amide bonds. The van der Waals surface area contributed by atoms with E-state index in [2.05, 4.69) is 0 Å². The average Bonchev–Trinajstić information content (AvgIpc) is 3.25. The fourth-order valence-electron chi connectivity index (χ4n) is 3.86. The zero-order valence-electron chi connectivity index (χ0n) is 15.4. The highest BCUT2D eigenvalue weighted by Crippen LogP contribution is 2.20. The van der Waals surface area contributed by atoms with Gasteiger partial charge in [0.2, 0.25) is 0 Å². The van der Waals surface area contributed by atoms with E-state index in [1.165, 1.54) is 6.07 Å². The standard InChI is InChI=1S/C20H23N3O4/c1-21-16-6-3-2-5-14(16)15(13-18(21)24)19(25)22-8-10-23(11-9-22)20(26)17-7-4-12-27-17/h2-3,5-6,13,17H,4,7-12H2,1H3. The van der Waals surface area contributed by atoms with Crippen molar-refractivity contribution in [1.29, 1.82) is 0 Å². The quantitative estimate of drug-likeness (QED) is 0.792. The second-order valence-electron chi connectivity index (χ2n) is 7.09. The van der Waals surface area contributed by atoms with Crippen LogP contribution in [0.1, 0.15) is 23.2 Å². The van der Waals surface area contributed by atoms with Crippen LogP contribution in [0.4, 0.5) is 0 Å². The lowest BCUT2D eigenvalue weighted by Crippen LogP contribution is -2.53. The lowest BCUT2D eigenvalue weighted by atomic mass is 10.1. The maximum absolute atomic E-state index is 13.1. The second-order valence-corrected chi connectivity index (χ2v) is 7.09. The molecule has 0 bridgehead atoms. The third kappa shape index (κ3) is 3.23. The second kappa shape index (κ2) is 7.15. The molecule has 4 rings (SSSR count). The first-order valence-corrected chi connectivity index (χ1v) is 9.34. The Hall–Kier alpha value is -2.67. The van der Waals surface area contributed by atoms with Crippen LogP contribution < -0.4 is 5.56 Å². The largest absolute Gasteiger partial charge is 0.368 e. The van der Waals surface area contributed by atoms with Gasteiger partial charge in [0.25, 0.3) is 17.4 Å². The Morgan fingerprint density at radius 3 is 2.48 bits per heavy atom. The first-order chi connectivity index (χ1) is 13.1. The van der Waals surface area contributed by atoms with Gasteiger partial charge in [-0.15, -0.1) is 0 Å². The SMILES string of the molecule is Cn1c(=O)cc(C(=O)N2CCN(C(=O)C3CCCO3)CC2)c2ccccc21. The van der Waals surface area contributed by atoms with Gasteiger partial charge in [-0.1, -0.05) is 18.2 Å². The molecule has 1 aromatic carbocycles. The highest BCUT2D eigenvalue weighted by molar-refractivity contribution is 6.06. The van der Waals surface area contributed by atoms with Crippen LogP contribution in [-0.4, -0.2) is 65.1 Å². The fraction of sp³-hybridized carbons (Fsp3) is 0.450. The number of aryl methyl sites for hydroxylation is 1. The third-order valence-electron chi connectivity index (χ3n) is 5.47. The predicted octanol–water partition coefficient (Wildman–Crippen LogP) is 1.00. The number of rotatable bonds is 2. The minimum atomic E-state index is -0.326. The molecule has 0 N–H and O–H groups in total. The van der Waals surface area contributed by atoms with Crippen LogP contribution in [0, 0.1) is 0 Å². The monoisotopic (exact) mass is 369 g/mol. The molecule has 2 aliphatic heterocycles. The Balaban J connectivity index is 1.52. The number of benzene rings is 1. The molecule has 27 heavy (non-hydrogen) atoms. The van der Waals surface area contributed by atoms with Crippen LogP contribution >= 0.6 is 0 Å². The molecule has 2 saturated heterocycles. The van der Waals surface area contributed by atoms with Gasteiger partial charge in [-0.3, -0.25) is 14.4 Å². The van der Waals surface area contributed by atoms with Crippen LogP contribution in [0.25, 0.3) is 10.9 Å². The first-order valence-electron chi connectivity index (χ1n) is 9.34. The highest BCUT2D eigenvalue weighted by atomic mass is 16.5. The molecule has 3 heterocycles. The molecule has 7 nitrogen and oxygen atoms in total. The van der Waals surface area contributed by atoms with Gasteiger partial charge in [-0.05, 0) is 18.9 Å². The molecule has 2 aromatic rings. The smallest absolute Gasteiger partial charge is 0.254 e. The van der Waals surface area contributed by atoms with Crippen LogP contribution in [0.3, 0.4) is 0 Å². The minimum absolute atomic E-state index is 0.0265. The lowest BCUT2D eigenvalue weighted by molar-refractivity contribution is -0.142. The molecule has 142 valence electrons. The van der Waals surface area contributed by atoms with Crippen molar-refractivity contribution in [3.8, 4) is 0 Å². The number of fused-ring (bicyclic) bond motifs is 1. The number of amides is 2. The molecule has 0 spiro atoms. The Morgan fingerprint density at radius 2 is 1.78 bits per heavy atom. The number of carbonyl (C=O) groups is 2. The summed E-state index contributed by atoms with van der Waals surface area (Å²) in [5.41, 5.74) is 0.956. The summed E-state index contributed by atoms with van der Waals surface area (Å²) in [5, 5.41) is 0.766. The first kappa shape index (κ1) is 17.7. The van der Waals surface area contributed by atoms with Crippen LogP contribution in [0.2, 0.25) is 0 Å². The summed E-state index contributed by atoms with van der Waals surface area (Å²) in [6.45, 7) is 2.55. The van der Waals surface area contributed by atoms with Crippen LogP contribution in [0.15, 0.2) is 35.1 Å². The summed E-state index contributed by atoms with van der Waals surface area (Å²) in [4.78, 5) is 41.3. The summed E-state index contributed by atoms with van der Waals surface area (Å²) < 4.78 is 7.02. The van der Waals surface area contributed by atoms with E-state index in [1.807, 2.05) is 24.3 Å². The van der Waals surface area contributed by atoms with E-state index in [9.17, 15) is 14.4 Å². The van der Waals surface area contributed by atoms with E-state index in [1.54, 1.807) is 21.4 Å². The molecule has 1 aromatic heterocycles. The van der Waals surface area contributed by atoms with E-state index in [0.717, 1.165) is 23.7 Å². The van der Waals surface area contributed by atoms with Crippen molar-refractivity contribution in [3.63, 3.8) is 0 Å². The molecular weight excluding hydrogens is 346 g/mol. The van der Waals surface area contributed by atoms with Gasteiger partial charge in [0.15, 0.2) is 0 Å². The summed E-state index contributed by atoms with van der Waals surface area (Å²) >= 11 is 0. The van der Waals surface area contributed by atoms with E-state index < -0.39 is 0 Å². The van der Waals surface area contributed by atoms with Gasteiger partial charge < -0.3 is 19.1 Å². The molecular formula is C20H23N3O4. The number of para-hydroxylation sites is 1. The van der Waals surface area contributed by atoms with E-state index in [0.29, 0.717) is 38.3 Å². The van der Waals surface area contributed by atoms with Crippen molar-refractivity contribution >= 4 is 22.7 Å². The zero-order chi connectivity index (χ0) is 19.0. The minimum Gasteiger partial charge on any atom is -0.368 e. The molecule has 0 radical (unpaired) electrons. The van der Waals surface area contributed by atoms with Crippen molar-refractivity contribution < 1.29 is 14.3 Å². The Kier molecular flexibility index (Phi) is 4.70. The number of hydrogen-bond acceptors (Lipinski definition) is 4. The number of nitrogens with zero attached hydrogens (tertiary/aromatic N) is 3. The fourth-order valence-corrected chi connectivity index (χ4v) is 3.86. The van der Waals surface area contributed by atoms with Crippen molar-refractivity contribution in [2.75, 3.05) is 32.8 Å². The maximum atomic E-state index is 13.1. The zero-order valence-corrected chi connectivity index (χ0v) is 15.4. The molecule has 2 aliphatic rings. The highest BCUT2D eigenvalue weighted by Gasteiger charge is 2.32. The third-order valence-corrected chi connectivity index (χ3v) is 5.47. The van der Waals surface area contributed by atoms with Crippen molar-refractivity contribution in [2.45, 2.75) is 18.9 Å². The summed E-state index contributed by atoms with van der Waals surface area (Å²) in [6.07, 6.45) is 1.37. The van der Waals surface area contributed by atoms with Crippen molar-refractivity contribution in [1.82, 2.24) is 14.4 Å². The number of piperazine rings is 1. The number of ether oxygens (including phenoxy) is 1. The Labute approximate surface area is 157 Å². The number of pyridine rings is 1. The van der Waals surface area contributed by atoms with E-state index >= 15 is 0 Å². The van der Waals surface area contributed by atoms with Gasteiger partial charge in [-0.25, -0.2) is 0 Å². The van der Waals surface area contributed by atoms with Crippen LogP contribution in [-0.2, 0) is 16.6 Å². The molecule has 1 atom stereocenters. The summed E-state index contributed by atoms with van der Waals surface area (Å²) in [7, 11) is 1.70. The topological polar surface area (TPSA) is 71.9 Å². The molecule has 2 fully saturated rings. The van der Waals surface area contributed by atoms with Gasteiger partial charge in [0, 0.05) is 51.3 Å². The van der Waals surface area contributed by atoms with Crippen LogP contribution in [0.5, 0.6) is 0 Å². The van der Waals surface area contributed by atoms with E-state index in [4.69, 9.17) is 4.74 Å². The number of hydrogen-bond donors (Lipinski definition) is 0. The molecule has 0 saturated carbocycles. The maximum Gasteiger partial charge on any atom is 0.254 e.